The van der Waals surface area contributed by atoms with Crippen molar-refractivity contribution in [3.05, 3.63) is 46.2 Å². The van der Waals surface area contributed by atoms with Crippen LogP contribution in [-0.4, -0.2) is 29.8 Å². The van der Waals surface area contributed by atoms with Crippen molar-refractivity contribution in [2.45, 2.75) is 0 Å². The van der Waals surface area contributed by atoms with Gasteiger partial charge in [-0.15, -0.1) is 11.3 Å². The molecule has 20 heavy (non-hydrogen) atoms. The van der Waals surface area contributed by atoms with E-state index in [4.69, 9.17) is 4.74 Å². The highest BCUT2D eigenvalue weighted by Crippen LogP contribution is 2.27. The second kappa shape index (κ2) is 7.27. The summed E-state index contributed by atoms with van der Waals surface area (Å²) in [4.78, 5) is 12.2. The van der Waals surface area contributed by atoms with E-state index in [1.165, 1.54) is 24.7 Å². The number of amides is 1. The molecule has 0 spiro atoms. The summed E-state index contributed by atoms with van der Waals surface area (Å²) in [6.07, 6.45) is 1.36. The SMILES string of the molecule is COc1cccc(/C=N/NC(=O)c2cccs2)c1O.O. The molecule has 0 saturated heterocycles. The summed E-state index contributed by atoms with van der Waals surface area (Å²) in [6, 6.07) is 8.52. The van der Waals surface area contributed by atoms with Crippen molar-refractivity contribution >= 4 is 23.5 Å². The number of hydrogen-bond donors (Lipinski definition) is 2. The summed E-state index contributed by atoms with van der Waals surface area (Å²) < 4.78 is 4.97. The van der Waals surface area contributed by atoms with Crippen LogP contribution in [0.1, 0.15) is 15.2 Å². The van der Waals surface area contributed by atoms with Crippen LogP contribution in [0.25, 0.3) is 0 Å². The van der Waals surface area contributed by atoms with Gasteiger partial charge in [-0.3, -0.25) is 4.79 Å². The number of hydrogen-bond acceptors (Lipinski definition) is 5. The van der Waals surface area contributed by atoms with E-state index in [9.17, 15) is 9.90 Å². The maximum absolute atomic E-state index is 11.6. The molecular weight excluding hydrogens is 280 g/mol. The van der Waals surface area contributed by atoms with Gasteiger partial charge in [-0.2, -0.15) is 5.10 Å². The molecule has 0 fully saturated rings. The first-order chi connectivity index (χ1) is 9.22. The van der Waals surface area contributed by atoms with Gasteiger partial charge in [0.15, 0.2) is 11.5 Å². The Balaban J connectivity index is 0.00000200. The standard InChI is InChI=1S/C13H12N2O3S.H2O/c1-18-10-5-2-4-9(12(10)16)8-14-15-13(17)11-6-3-7-19-11;/h2-8,16H,1H3,(H,15,17);1H2/b14-8+;. The quantitative estimate of drug-likeness (QED) is 0.658. The highest BCUT2D eigenvalue weighted by molar-refractivity contribution is 7.12. The van der Waals surface area contributed by atoms with E-state index in [0.29, 0.717) is 16.2 Å². The van der Waals surface area contributed by atoms with Gasteiger partial charge in [0, 0.05) is 5.56 Å². The Morgan fingerprint density at radius 1 is 1.40 bits per heavy atom. The average Bonchev–Trinajstić information content (AvgIpc) is 2.94. The third-order valence-electron chi connectivity index (χ3n) is 2.36. The van der Waals surface area contributed by atoms with Gasteiger partial charge in [0.05, 0.1) is 18.2 Å². The predicted octanol–water partition coefficient (Wildman–Crippen LogP) is 1.40. The first-order valence-electron chi connectivity index (χ1n) is 5.45. The number of hydrazone groups is 1. The number of carbonyl (C=O) groups is 1. The first-order valence-corrected chi connectivity index (χ1v) is 6.33. The summed E-state index contributed by atoms with van der Waals surface area (Å²) in [5.74, 6) is 0.0568. The van der Waals surface area contributed by atoms with Gasteiger partial charge in [-0.05, 0) is 23.6 Å². The van der Waals surface area contributed by atoms with Crippen LogP contribution in [0, 0.1) is 0 Å². The fourth-order valence-electron chi connectivity index (χ4n) is 1.43. The van der Waals surface area contributed by atoms with E-state index in [1.807, 2.05) is 5.38 Å². The molecule has 6 nitrogen and oxygen atoms in total. The van der Waals surface area contributed by atoms with Crippen molar-refractivity contribution in [1.82, 2.24) is 5.43 Å². The topological polar surface area (TPSA) is 102 Å². The number of nitrogens with zero attached hydrogens (tertiary/aromatic N) is 1. The third-order valence-corrected chi connectivity index (χ3v) is 3.23. The van der Waals surface area contributed by atoms with Crippen molar-refractivity contribution in [2.75, 3.05) is 7.11 Å². The van der Waals surface area contributed by atoms with Gasteiger partial charge in [-0.1, -0.05) is 12.1 Å². The molecule has 0 aliphatic carbocycles. The number of ether oxygens (including phenoxy) is 1. The summed E-state index contributed by atoms with van der Waals surface area (Å²) >= 11 is 1.33. The smallest absolute Gasteiger partial charge is 0.281 e. The highest BCUT2D eigenvalue weighted by atomic mass is 32.1. The number of para-hydroxylation sites is 1. The van der Waals surface area contributed by atoms with Crippen molar-refractivity contribution < 1.29 is 20.1 Å². The van der Waals surface area contributed by atoms with Gasteiger partial charge in [0.1, 0.15) is 0 Å². The molecule has 1 heterocycles. The Hall–Kier alpha value is -2.38. The molecule has 1 aromatic heterocycles. The van der Waals surface area contributed by atoms with Gasteiger partial charge in [0.25, 0.3) is 5.91 Å². The molecule has 0 saturated carbocycles. The molecule has 1 amide bonds. The number of phenolic OH excluding ortho intramolecular Hbond substituents is 1. The van der Waals surface area contributed by atoms with E-state index in [1.54, 1.807) is 30.3 Å². The van der Waals surface area contributed by atoms with E-state index in [2.05, 4.69) is 10.5 Å². The molecule has 106 valence electrons. The van der Waals surface area contributed by atoms with E-state index < -0.39 is 0 Å². The minimum absolute atomic E-state index is 0. The second-order valence-corrected chi connectivity index (χ2v) is 4.52. The zero-order valence-electron chi connectivity index (χ0n) is 10.7. The fraction of sp³-hybridized carbons (Fsp3) is 0.0769. The zero-order valence-corrected chi connectivity index (χ0v) is 11.5. The van der Waals surface area contributed by atoms with Gasteiger partial charge in [0.2, 0.25) is 0 Å². The van der Waals surface area contributed by atoms with Gasteiger partial charge in [-0.25, -0.2) is 5.43 Å². The lowest BCUT2D eigenvalue weighted by Gasteiger charge is -2.04. The molecule has 1 aromatic carbocycles. The van der Waals surface area contributed by atoms with Crippen molar-refractivity contribution in [1.29, 1.82) is 0 Å². The summed E-state index contributed by atoms with van der Waals surface area (Å²) in [6.45, 7) is 0. The Bertz CT molecular complexity index is 596. The number of rotatable bonds is 4. The minimum atomic E-state index is -0.284. The van der Waals surface area contributed by atoms with E-state index in [-0.39, 0.29) is 17.1 Å². The maximum Gasteiger partial charge on any atom is 0.281 e. The lowest BCUT2D eigenvalue weighted by atomic mass is 10.2. The second-order valence-electron chi connectivity index (χ2n) is 3.57. The van der Waals surface area contributed by atoms with Crippen LogP contribution in [0.4, 0.5) is 0 Å². The maximum atomic E-state index is 11.6. The summed E-state index contributed by atoms with van der Waals surface area (Å²) in [7, 11) is 1.47. The lowest BCUT2D eigenvalue weighted by Crippen LogP contribution is -2.16. The number of thiophene rings is 1. The highest BCUT2D eigenvalue weighted by Gasteiger charge is 2.06. The molecule has 0 radical (unpaired) electrons. The number of nitrogens with one attached hydrogen (secondary N) is 1. The molecule has 4 N–H and O–H groups in total. The Morgan fingerprint density at radius 2 is 2.20 bits per heavy atom. The molecule has 0 unspecified atom stereocenters. The van der Waals surface area contributed by atoms with E-state index >= 15 is 0 Å². The first kappa shape index (κ1) is 15.7. The van der Waals surface area contributed by atoms with Crippen LogP contribution >= 0.6 is 11.3 Å². The average molecular weight is 294 g/mol. The minimum Gasteiger partial charge on any atom is -0.504 e. The molecule has 7 heteroatoms. The van der Waals surface area contributed by atoms with Gasteiger partial charge < -0.3 is 15.3 Å². The number of carbonyl (C=O) groups excluding carboxylic acids is 1. The monoisotopic (exact) mass is 294 g/mol. The van der Waals surface area contributed by atoms with E-state index in [0.717, 1.165) is 0 Å². The van der Waals surface area contributed by atoms with Crippen molar-refractivity contribution in [3.8, 4) is 11.5 Å². The number of benzene rings is 1. The largest absolute Gasteiger partial charge is 0.504 e. The molecule has 2 aromatic rings. The number of methoxy groups -OCH3 is 1. The molecule has 0 aliphatic rings. The van der Waals surface area contributed by atoms with Crippen LogP contribution in [0.3, 0.4) is 0 Å². The predicted molar refractivity (Wildman–Crippen MR) is 77.7 cm³/mol. The normalized spacial score (nSPS) is 10.1. The van der Waals surface area contributed by atoms with Crippen molar-refractivity contribution in [2.24, 2.45) is 5.10 Å². The molecule has 2 rings (SSSR count). The summed E-state index contributed by atoms with van der Waals surface area (Å²) in [5.41, 5.74) is 2.85. The van der Waals surface area contributed by atoms with Gasteiger partial charge >= 0.3 is 0 Å². The number of phenols is 1. The number of aromatic hydroxyl groups is 1. The van der Waals surface area contributed by atoms with Crippen LogP contribution in [0.5, 0.6) is 11.5 Å². The summed E-state index contributed by atoms with van der Waals surface area (Å²) in [5, 5.41) is 15.4. The zero-order chi connectivity index (χ0) is 13.7. The Labute approximate surface area is 119 Å². The lowest BCUT2D eigenvalue weighted by molar-refractivity contribution is 0.0959. The molecule has 0 atom stereocenters. The molecule has 0 bridgehead atoms. The van der Waals surface area contributed by atoms with Crippen molar-refractivity contribution in [3.63, 3.8) is 0 Å². The molecule has 0 aliphatic heterocycles. The van der Waals surface area contributed by atoms with Crippen LogP contribution in [-0.2, 0) is 0 Å². The van der Waals surface area contributed by atoms with Crippen LogP contribution < -0.4 is 10.2 Å². The van der Waals surface area contributed by atoms with Crippen LogP contribution in [0.15, 0.2) is 40.8 Å². The third kappa shape index (κ3) is 3.56. The fourth-order valence-corrected chi connectivity index (χ4v) is 2.05. The Kier molecular flexibility index (Phi) is 5.70. The molecular formula is C13H14N2O4S. The van der Waals surface area contributed by atoms with Crippen LogP contribution in [0.2, 0.25) is 0 Å². The Morgan fingerprint density at radius 3 is 2.85 bits per heavy atom.